The third-order valence-corrected chi connectivity index (χ3v) is 6.48. The average Bonchev–Trinajstić information content (AvgIpc) is 2.93. The van der Waals surface area contributed by atoms with Crippen molar-refractivity contribution in [1.29, 1.82) is 0 Å². The molecule has 1 aliphatic heterocycles. The molecule has 0 aliphatic carbocycles. The van der Waals surface area contributed by atoms with Gasteiger partial charge in [-0.05, 0) is 48.0 Å². The fourth-order valence-electron chi connectivity index (χ4n) is 4.58. The van der Waals surface area contributed by atoms with Crippen LogP contribution in [-0.4, -0.2) is 59.4 Å². The zero-order valence-electron chi connectivity index (χ0n) is 20.9. The number of benzene rings is 3. The molecule has 9 nitrogen and oxygen atoms in total. The summed E-state index contributed by atoms with van der Waals surface area (Å²) in [6.45, 7) is 7.11. The van der Waals surface area contributed by atoms with Crippen molar-refractivity contribution in [2.24, 2.45) is 5.73 Å². The van der Waals surface area contributed by atoms with Crippen molar-refractivity contribution in [3.63, 3.8) is 0 Å². The number of anilines is 4. The van der Waals surface area contributed by atoms with E-state index < -0.39 is 0 Å². The number of piperazine rings is 1. The van der Waals surface area contributed by atoms with Gasteiger partial charge in [-0.1, -0.05) is 36.9 Å². The lowest BCUT2D eigenvalue weighted by Gasteiger charge is -2.35. The van der Waals surface area contributed by atoms with Gasteiger partial charge in [0, 0.05) is 60.4 Å². The Balaban J connectivity index is 1.32. The van der Waals surface area contributed by atoms with Crippen LogP contribution in [0.25, 0.3) is 22.0 Å². The van der Waals surface area contributed by atoms with Crippen LogP contribution in [0, 0.1) is 0 Å². The number of carbonyl (C=O) groups excluding carboxylic acids is 2. The Hall–Kier alpha value is -4.76. The smallest absolute Gasteiger partial charge is 0.247 e. The maximum Gasteiger partial charge on any atom is 0.247 e. The Morgan fingerprint density at radius 1 is 0.974 bits per heavy atom. The van der Waals surface area contributed by atoms with Crippen LogP contribution in [0.5, 0.6) is 0 Å². The van der Waals surface area contributed by atoms with Crippen molar-refractivity contribution in [3.05, 3.63) is 85.6 Å². The molecule has 0 unspecified atom stereocenters. The minimum absolute atomic E-state index is 0.259. The van der Waals surface area contributed by atoms with Crippen LogP contribution in [0.4, 0.5) is 23.0 Å². The number of amides is 2. The second-order valence-corrected chi connectivity index (χ2v) is 9.11. The Labute approximate surface area is 221 Å². The molecule has 4 aromatic rings. The monoisotopic (exact) mass is 507 g/mol. The molecule has 5 rings (SSSR count). The molecule has 38 heavy (non-hydrogen) atoms. The predicted molar refractivity (Wildman–Crippen MR) is 151 cm³/mol. The van der Waals surface area contributed by atoms with E-state index in [1.54, 1.807) is 6.20 Å². The number of nitrogens with zero attached hydrogens (tertiary/aromatic N) is 4. The lowest BCUT2D eigenvalue weighted by Crippen LogP contribution is -2.48. The second-order valence-electron chi connectivity index (χ2n) is 9.11. The normalized spacial score (nSPS) is 13.7. The lowest BCUT2D eigenvalue weighted by atomic mass is 10.0. The van der Waals surface area contributed by atoms with Crippen molar-refractivity contribution in [3.8, 4) is 11.1 Å². The summed E-state index contributed by atoms with van der Waals surface area (Å²) < 4.78 is 0. The van der Waals surface area contributed by atoms with Crippen LogP contribution < -0.4 is 21.3 Å². The highest BCUT2D eigenvalue weighted by molar-refractivity contribution is 6.00. The van der Waals surface area contributed by atoms with Gasteiger partial charge in [0.1, 0.15) is 0 Å². The van der Waals surface area contributed by atoms with E-state index in [2.05, 4.69) is 44.1 Å². The van der Waals surface area contributed by atoms with E-state index in [0.29, 0.717) is 18.2 Å². The third kappa shape index (κ3) is 5.79. The molecule has 0 radical (unpaired) electrons. The van der Waals surface area contributed by atoms with Gasteiger partial charge in [-0.3, -0.25) is 14.5 Å². The molecule has 0 bridgehead atoms. The van der Waals surface area contributed by atoms with Crippen LogP contribution >= 0.6 is 0 Å². The van der Waals surface area contributed by atoms with E-state index in [4.69, 9.17) is 10.7 Å². The standard InChI is InChI=1S/C29H29N7O2/c1-2-27(38)32-23-7-3-5-20(17-23)25-8-4-6-21-18-31-29(34-28(21)25)33-22-9-11-24(12-10-22)36-15-13-35(14-16-36)19-26(30)37/h2-12,17-18H,1,13-16,19H2,(H2,30,37)(H,32,38)(H,31,33,34). The number of fused-ring (bicyclic) bond motifs is 1. The summed E-state index contributed by atoms with van der Waals surface area (Å²) in [5, 5.41) is 7.03. The summed E-state index contributed by atoms with van der Waals surface area (Å²) in [7, 11) is 0. The van der Waals surface area contributed by atoms with Crippen LogP contribution in [0.2, 0.25) is 0 Å². The number of primary amides is 1. The van der Waals surface area contributed by atoms with E-state index in [1.165, 1.54) is 6.08 Å². The minimum atomic E-state index is -0.289. The highest BCUT2D eigenvalue weighted by atomic mass is 16.1. The zero-order chi connectivity index (χ0) is 26.5. The molecule has 4 N–H and O–H groups in total. The minimum Gasteiger partial charge on any atom is -0.369 e. The fourth-order valence-corrected chi connectivity index (χ4v) is 4.58. The summed E-state index contributed by atoms with van der Waals surface area (Å²) >= 11 is 0. The molecule has 3 aromatic carbocycles. The van der Waals surface area contributed by atoms with Crippen LogP contribution in [0.15, 0.2) is 85.6 Å². The molecule has 2 heterocycles. The Kier molecular flexibility index (Phi) is 7.28. The number of carbonyl (C=O) groups is 2. The fraction of sp³-hybridized carbons (Fsp3) is 0.172. The van der Waals surface area contributed by atoms with Gasteiger partial charge in [0.25, 0.3) is 0 Å². The van der Waals surface area contributed by atoms with E-state index >= 15 is 0 Å². The van der Waals surface area contributed by atoms with E-state index in [1.807, 2.05) is 54.6 Å². The van der Waals surface area contributed by atoms with Gasteiger partial charge >= 0.3 is 0 Å². The summed E-state index contributed by atoms with van der Waals surface area (Å²) in [4.78, 5) is 36.6. The predicted octanol–water partition coefficient (Wildman–Crippen LogP) is 3.77. The Morgan fingerprint density at radius 2 is 1.74 bits per heavy atom. The number of para-hydroxylation sites is 1. The SMILES string of the molecule is C=CC(=O)Nc1cccc(-c2cccc3cnc(Nc4ccc(N5CCN(CC(N)=O)CC5)cc4)nc23)c1. The van der Waals surface area contributed by atoms with E-state index in [0.717, 1.165) is 59.6 Å². The van der Waals surface area contributed by atoms with Gasteiger partial charge < -0.3 is 21.3 Å². The van der Waals surface area contributed by atoms with Gasteiger partial charge in [-0.2, -0.15) is 0 Å². The zero-order valence-corrected chi connectivity index (χ0v) is 20.9. The molecular formula is C29H29N7O2. The largest absolute Gasteiger partial charge is 0.369 e. The van der Waals surface area contributed by atoms with Crippen LogP contribution in [0.1, 0.15) is 0 Å². The molecule has 0 spiro atoms. The summed E-state index contributed by atoms with van der Waals surface area (Å²) in [6, 6.07) is 21.7. The van der Waals surface area contributed by atoms with Crippen LogP contribution in [0.3, 0.4) is 0 Å². The summed E-state index contributed by atoms with van der Waals surface area (Å²) in [5.74, 6) is -0.0541. The molecular weight excluding hydrogens is 478 g/mol. The van der Waals surface area contributed by atoms with Gasteiger partial charge in [0.15, 0.2) is 0 Å². The molecule has 1 saturated heterocycles. The van der Waals surface area contributed by atoms with Gasteiger partial charge in [-0.15, -0.1) is 0 Å². The molecule has 1 fully saturated rings. The topological polar surface area (TPSA) is 116 Å². The van der Waals surface area contributed by atoms with E-state index in [9.17, 15) is 9.59 Å². The Morgan fingerprint density at radius 3 is 2.47 bits per heavy atom. The van der Waals surface area contributed by atoms with Crippen molar-refractivity contribution in [2.45, 2.75) is 0 Å². The highest BCUT2D eigenvalue weighted by Gasteiger charge is 2.18. The third-order valence-electron chi connectivity index (χ3n) is 6.48. The average molecular weight is 508 g/mol. The van der Waals surface area contributed by atoms with Crippen molar-refractivity contribution < 1.29 is 9.59 Å². The molecule has 1 aromatic heterocycles. The maximum absolute atomic E-state index is 11.7. The van der Waals surface area contributed by atoms with Crippen molar-refractivity contribution >= 4 is 45.7 Å². The van der Waals surface area contributed by atoms with Gasteiger partial charge in [0.05, 0.1) is 12.1 Å². The number of aromatic nitrogens is 2. The lowest BCUT2D eigenvalue weighted by molar-refractivity contribution is -0.119. The van der Waals surface area contributed by atoms with Crippen LogP contribution in [-0.2, 0) is 9.59 Å². The number of hydrogen-bond acceptors (Lipinski definition) is 7. The van der Waals surface area contributed by atoms with Crippen molar-refractivity contribution in [2.75, 3.05) is 48.3 Å². The number of nitrogens with one attached hydrogen (secondary N) is 2. The first kappa shape index (κ1) is 24.9. The van der Waals surface area contributed by atoms with Gasteiger partial charge in [0.2, 0.25) is 17.8 Å². The van der Waals surface area contributed by atoms with Crippen molar-refractivity contribution in [1.82, 2.24) is 14.9 Å². The quantitative estimate of drug-likeness (QED) is 0.311. The first-order valence-electron chi connectivity index (χ1n) is 12.4. The molecule has 2 amide bonds. The number of rotatable bonds is 8. The summed E-state index contributed by atoms with van der Waals surface area (Å²) in [5.41, 5.74) is 10.7. The second kappa shape index (κ2) is 11.1. The molecule has 1 aliphatic rings. The van der Waals surface area contributed by atoms with E-state index in [-0.39, 0.29) is 11.8 Å². The van der Waals surface area contributed by atoms with Gasteiger partial charge in [-0.25, -0.2) is 9.97 Å². The molecule has 0 atom stereocenters. The first-order chi connectivity index (χ1) is 18.5. The number of hydrogen-bond donors (Lipinski definition) is 3. The first-order valence-corrected chi connectivity index (χ1v) is 12.4. The highest BCUT2D eigenvalue weighted by Crippen LogP contribution is 2.30. The number of nitrogens with two attached hydrogens (primary N) is 1. The molecule has 9 heteroatoms. The maximum atomic E-state index is 11.7. The molecule has 192 valence electrons. The molecule has 0 saturated carbocycles. The summed E-state index contributed by atoms with van der Waals surface area (Å²) in [6.07, 6.45) is 3.05. The Bertz CT molecular complexity index is 1480.